The lowest BCUT2D eigenvalue weighted by atomic mass is 9.90. The van der Waals surface area contributed by atoms with Crippen LogP contribution in [0.5, 0.6) is 0 Å². The zero-order valence-electron chi connectivity index (χ0n) is 8.08. The van der Waals surface area contributed by atoms with E-state index < -0.39 is 5.54 Å². The number of benzene rings is 1. The molecular formula is C11H15NO. The summed E-state index contributed by atoms with van der Waals surface area (Å²) in [6.07, 6.45) is 0.600. The van der Waals surface area contributed by atoms with Crippen LogP contribution in [0.1, 0.15) is 19.4 Å². The highest BCUT2D eigenvalue weighted by Crippen LogP contribution is 2.10. The topological polar surface area (TPSA) is 43.1 Å². The van der Waals surface area contributed by atoms with E-state index in [2.05, 4.69) is 0 Å². The minimum Gasteiger partial charge on any atom is -0.319 e. The Bertz CT molecular complexity index is 290. The van der Waals surface area contributed by atoms with Crippen LogP contribution in [-0.4, -0.2) is 11.3 Å². The van der Waals surface area contributed by atoms with E-state index in [4.69, 9.17) is 5.73 Å². The van der Waals surface area contributed by atoms with Crippen LogP contribution < -0.4 is 5.73 Å². The summed E-state index contributed by atoms with van der Waals surface area (Å²) in [5.74, 6) is 0.0244. The molecule has 0 spiro atoms. The Hall–Kier alpha value is -1.15. The second-order valence-corrected chi connectivity index (χ2v) is 3.64. The average molecular weight is 177 g/mol. The van der Waals surface area contributed by atoms with E-state index in [-0.39, 0.29) is 5.78 Å². The van der Waals surface area contributed by atoms with Gasteiger partial charge in [-0.25, -0.2) is 0 Å². The first-order chi connectivity index (χ1) is 6.02. The first kappa shape index (κ1) is 9.93. The highest BCUT2D eigenvalue weighted by Gasteiger charge is 2.24. The molecule has 1 rings (SSSR count). The summed E-state index contributed by atoms with van der Waals surface area (Å²) in [6.45, 7) is 3.30. The molecule has 2 heteroatoms. The van der Waals surface area contributed by atoms with Crippen molar-refractivity contribution in [1.82, 2.24) is 0 Å². The summed E-state index contributed by atoms with van der Waals surface area (Å²) in [4.78, 5) is 11.1. The molecule has 1 aromatic carbocycles. The standard InChI is InChI=1S/C11H15NO/c1-9(13)11(2,12)8-10-6-4-3-5-7-10/h3-7H,8,12H2,1-2H3/t11-/m0/s1. The van der Waals surface area contributed by atoms with Gasteiger partial charge in [0.25, 0.3) is 0 Å². The van der Waals surface area contributed by atoms with Gasteiger partial charge in [0.15, 0.2) is 0 Å². The molecule has 0 aliphatic rings. The molecule has 0 radical (unpaired) electrons. The molecule has 70 valence electrons. The average Bonchev–Trinajstić information content (AvgIpc) is 2.05. The maximum Gasteiger partial charge on any atom is 0.149 e. The van der Waals surface area contributed by atoms with Gasteiger partial charge in [-0.3, -0.25) is 4.79 Å². The van der Waals surface area contributed by atoms with Crippen molar-refractivity contribution in [2.24, 2.45) is 5.73 Å². The Morgan fingerprint density at radius 3 is 2.38 bits per heavy atom. The molecule has 0 heterocycles. The van der Waals surface area contributed by atoms with Crippen LogP contribution in [0.2, 0.25) is 0 Å². The largest absolute Gasteiger partial charge is 0.319 e. The van der Waals surface area contributed by atoms with Crippen molar-refractivity contribution in [3.05, 3.63) is 35.9 Å². The van der Waals surface area contributed by atoms with Gasteiger partial charge in [-0.2, -0.15) is 0 Å². The van der Waals surface area contributed by atoms with Gasteiger partial charge in [0, 0.05) is 0 Å². The van der Waals surface area contributed by atoms with Crippen LogP contribution in [0.15, 0.2) is 30.3 Å². The Kier molecular flexibility index (Phi) is 2.83. The normalized spacial score (nSPS) is 15.0. The minimum atomic E-state index is -0.735. The molecule has 0 saturated carbocycles. The second kappa shape index (κ2) is 3.71. The number of ketones is 1. The first-order valence-electron chi connectivity index (χ1n) is 4.36. The summed E-state index contributed by atoms with van der Waals surface area (Å²) >= 11 is 0. The van der Waals surface area contributed by atoms with Gasteiger partial charge in [-0.15, -0.1) is 0 Å². The van der Waals surface area contributed by atoms with Crippen molar-refractivity contribution < 1.29 is 4.79 Å². The van der Waals surface area contributed by atoms with E-state index in [1.165, 1.54) is 6.92 Å². The monoisotopic (exact) mass is 177 g/mol. The predicted molar refractivity (Wildman–Crippen MR) is 53.4 cm³/mol. The van der Waals surface area contributed by atoms with Crippen LogP contribution in [0.4, 0.5) is 0 Å². The molecule has 2 N–H and O–H groups in total. The highest BCUT2D eigenvalue weighted by atomic mass is 16.1. The van der Waals surface area contributed by atoms with E-state index in [1.807, 2.05) is 30.3 Å². The van der Waals surface area contributed by atoms with E-state index in [1.54, 1.807) is 6.92 Å². The molecule has 0 aliphatic heterocycles. The van der Waals surface area contributed by atoms with Crippen molar-refractivity contribution in [1.29, 1.82) is 0 Å². The van der Waals surface area contributed by atoms with Crippen LogP contribution in [0.25, 0.3) is 0 Å². The number of hydrogen-bond acceptors (Lipinski definition) is 2. The van der Waals surface area contributed by atoms with Gasteiger partial charge in [-0.1, -0.05) is 30.3 Å². The lowest BCUT2D eigenvalue weighted by Crippen LogP contribution is -2.45. The third-order valence-electron chi connectivity index (χ3n) is 2.22. The van der Waals surface area contributed by atoms with E-state index in [0.717, 1.165) is 5.56 Å². The number of hydrogen-bond donors (Lipinski definition) is 1. The molecular weight excluding hydrogens is 162 g/mol. The van der Waals surface area contributed by atoms with Crippen molar-refractivity contribution in [3.8, 4) is 0 Å². The third kappa shape index (κ3) is 2.67. The molecule has 0 aromatic heterocycles. The van der Waals surface area contributed by atoms with Crippen LogP contribution in [0, 0.1) is 0 Å². The zero-order chi connectivity index (χ0) is 9.90. The maximum absolute atomic E-state index is 11.1. The molecule has 13 heavy (non-hydrogen) atoms. The fraction of sp³-hybridized carbons (Fsp3) is 0.364. The second-order valence-electron chi connectivity index (χ2n) is 3.64. The molecule has 1 atom stereocenters. The predicted octanol–water partition coefficient (Wildman–Crippen LogP) is 1.54. The summed E-state index contributed by atoms with van der Waals surface area (Å²) in [6, 6.07) is 9.81. The molecule has 0 fully saturated rings. The van der Waals surface area contributed by atoms with Crippen LogP contribution in [0.3, 0.4) is 0 Å². The Labute approximate surface area is 78.8 Å². The van der Waals surface area contributed by atoms with Gasteiger partial charge in [0.05, 0.1) is 5.54 Å². The number of carbonyl (C=O) groups is 1. The molecule has 1 aromatic rings. The molecule has 0 bridgehead atoms. The van der Waals surface area contributed by atoms with Crippen molar-refractivity contribution >= 4 is 5.78 Å². The number of nitrogens with two attached hydrogens (primary N) is 1. The highest BCUT2D eigenvalue weighted by molar-refractivity contribution is 5.85. The Balaban J connectivity index is 2.75. The van der Waals surface area contributed by atoms with Crippen LogP contribution in [-0.2, 0) is 11.2 Å². The molecule has 0 aliphatic carbocycles. The number of carbonyl (C=O) groups excluding carboxylic acids is 1. The Morgan fingerprint density at radius 1 is 1.38 bits per heavy atom. The molecule has 0 saturated heterocycles. The Morgan fingerprint density at radius 2 is 1.92 bits per heavy atom. The quantitative estimate of drug-likeness (QED) is 0.761. The number of rotatable bonds is 3. The van der Waals surface area contributed by atoms with Crippen LogP contribution >= 0.6 is 0 Å². The molecule has 2 nitrogen and oxygen atoms in total. The van der Waals surface area contributed by atoms with Gasteiger partial charge in [0.1, 0.15) is 5.78 Å². The fourth-order valence-electron chi connectivity index (χ4n) is 1.14. The molecule has 0 amide bonds. The van der Waals surface area contributed by atoms with Gasteiger partial charge in [-0.05, 0) is 25.8 Å². The summed E-state index contributed by atoms with van der Waals surface area (Å²) < 4.78 is 0. The lowest BCUT2D eigenvalue weighted by Gasteiger charge is -2.20. The smallest absolute Gasteiger partial charge is 0.149 e. The van der Waals surface area contributed by atoms with E-state index in [9.17, 15) is 4.79 Å². The van der Waals surface area contributed by atoms with Gasteiger partial charge >= 0.3 is 0 Å². The third-order valence-corrected chi connectivity index (χ3v) is 2.22. The zero-order valence-corrected chi connectivity index (χ0v) is 8.08. The van der Waals surface area contributed by atoms with E-state index in [0.29, 0.717) is 6.42 Å². The van der Waals surface area contributed by atoms with Crippen molar-refractivity contribution in [2.75, 3.05) is 0 Å². The lowest BCUT2D eigenvalue weighted by molar-refractivity contribution is -0.121. The molecule has 0 unspecified atom stereocenters. The van der Waals surface area contributed by atoms with E-state index >= 15 is 0 Å². The minimum absolute atomic E-state index is 0.0244. The van der Waals surface area contributed by atoms with Gasteiger partial charge < -0.3 is 5.73 Å². The summed E-state index contributed by atoms with van der Waals surface area (Å²) in [5.41, 5.74) is 6.21. The SMILES string of the molecule is CC(=O)[C@@](C)(N)Cc1ccccc1. The first-order valence-corrected chi connectivity index (χ1v) is 4.36. The van der Waals surface area contributed by atoms with Crippen molar-refractivity contribution in [2.45, 2.75) is 25.8 Å². The van der Waals surface area contributed by atoms with Crippen molar-refractivity contribution in [3.63, 3.8) is 0 Å². The summed E-state index contributed by atoms with van der Waals surface area (Å²) in [7, 11) is 0. The van der Waals surface area contributed by atoms with Gasteiger partial charge in [0.2, 0.25) is 0 Å². The summed E-state index contributed by atoms with van der Waals surface area (Å²) in [5, 5.41) is 0. The maximum atomic E-state index is 11.1. The fourth-order valence-corrected chi connectivity index (χ4v) is 1.14. The number of Topliss-reactive ketones (excluding diaryl/α,β-unsaturated/α-hetero) is 1.